The highest BCUT2D eigenvalue weighted by Gasteiger charge is 2.27. The number of likely N-dealkylation sites (tertiary alicyclic amines) is 1. The Hall–Kier alpha value is -2.37. The van der Waals surface area contributed by atoms with Crippen molar-refractivity contribution in [3.63, 3.8) is 0 Å². The van der Waals surface area contributed by atoms with E-state index < -0.39 is 0 Å². The van der Waals surface area contributed by atoms with Crippen LogP contribution in [0.25, 0.3) is 0 Å². The molecule has 2 aromatic heterocycles. The average Bonchev–Trinajstić information content (AvgIpc) is 3.09. The maximum Gasteiger partial charge on any atom is 0.257 e. The summed E-state index contributed by atoms with van der Waals surface area (Å²) in [4.78, 5) is 19.2. The van der Waals surface area contributed by atoms with Gasteiger partial charge in [0.25, 0.3) is 5.91 Å². The van der Waals surface area contributed by atoms with E-state index in [1.165, 1.54) is 0 Å². The van der Waals surface area contributed by atoms with Crippen molar-refractivity contribution in [2.75, 3.05) is 18.4 Å². The van der Waals surface area contributed by atoms with Crippen LogP contribution in [0.5, 0.6) is 0 Å². The van der Waals surface area contributed by atoms with Crippen LogP contribution in [0.2, 0.25) is 0 Å². The standard InChI is InChI=1S/C17H23N5O/c1-12(2)20-16-14(6-3-8-18-16)17(23)22-10-4-5-13(11-22)15-7-9-19-21-15/h3,6-9,12-13H,4-5,10-11H2,1-2H3,(H,18,20)(H,19,21)/t13-/m0/s1. The number of piperidine rings is 1. The summed E-state index contributed by atoms with van der Waals surface area (Å²) in [6, 6.07) is 5.89. The molecule has 1 amide bonds. The number of H-pyrrole nitrogens is 1. The molecule has 1 aliphatic heterocycles. The van der Waals surface area contributed by atoms with E-state index in [0.717, 1.165) is 31.6 Å². The molecule has 6 heteroatoms. The number of hydrogen-bond acceptors (Lipinski definition) is 4. The zero-order chi connectivity index (χ0) is 16.2. The molecule has 0 radical (unpaired) electrons. The van der Waals surface area contributed by atoms with E-state index >= 15 is 0 Å². The van der Waals surface area contributed by atoms with Gasteiger partial charge < -0.3 is 10.2 Å². The van der Waals surface area contributed by atoms with E-state index in [1.54, 1.807) is 12.4 Å². The van der Waals surface area contributed by atoms with Gasteiger partial charge in [-0.25, -0.2) is 4.98 Å². The summed E-state index contributed by atoms with van der Waals surface area (Å²) >= 11 is 0. The van der Waals surface area contributed by atoms with Gasteiger partial charge in [-0.05, 0) is 44.9 Å². The van der Waals surface area contributed by atoms with E-state index in [2.05, 4.69) is 20.5 Å². The highest BCUT2D eigenvalue weighted by molar-refractivity contribution is 5.98. The average molecular weight is 313 g/mol. The van der Waals surface area contributed by atoms with Crippen molar-refractivity contribution < 1.29 is 4.79 Å². The molecule has 0 unspecified atom stereocenters. The lowest BCUT2D eigenvalue weighted by Crippen LogP contribution is -2.39. The van der Waals surface area contributed by atoms with E-state index in [9.17, 15) is 4.79 Å². The van der Waals surface area contributed by atoms with E-state index in [1.807, 2.05) is 36.9 Å². The number of pyridine rings is 1. The van der Waals surface area contributed by atoms with Crippen LogP contribution >= 0.6 is 0 Å². The van der Waals surface area contributed by atoms with Crippen molar-refractivity contribution in [2.24, 2.45) is 0 Å². The summed E-state index contributed by atoms with van der Waals surface area (Å²) in [6.45, 7) is 5.59. The van der Waals surface area contributed by atoms with Gasteiger partial charge >= 0.3 is 0 Å². The van der Waals surface area contributed by atoms with E-state index in [-0.39, 0.29) is 11.9 Å². The molecule has 1 atom stereocenters. The fourth-order valence-corrected chi connectivity index (χ4v) is 3.05. The van der Waals surface area contributed by atoms with Crippen LogP contribution in [0.4, 0.5) is 5.82 Å². The molecular formula is C17H23N5O. The van der Waals surface area contributed by atoms with Crippen LogP contribution < -0.4 is 5.32 Å². The SMILES string of the molecule is CC(C)Nc1ncccc1C(=O)N1CCC[C@H](c2ccn[nH]2)C1. The summed E-state index contributed by atoms with van der Waals surface area (Å²) in [6.07, 6.45) is 5.56. The number of anilines is 1. The minimum absolute atomic E-state index is 0.0467. The number of amides is 1. The van der Waals surface area contributed by atoms with Gasteiger partial charge in [-0.3, -0.25) is 9.89 Å². The predicted octanol–water partition coefficient (Wildman–Crippen LogP) is 2.64. The number of aromatic amines is 1. The first-order chi connectivity index (χ1) is 11.1. The molecule has 1 aliphatic rings. The number of carbonyl (C=O) groups excluding carboxylic acids is 1. The number of nitrogens with one attached hydrogen (secondary N) is 2. The summed E-state index contributed by atoms with van der Waals surface area (Å²) in [5.74, 6) is 1.04. The Bertz CT molecular complexity index is 653. The molecule has 2 aromatic rings. The van der Waals surface area contributed by atoms with Gasteiger partial charge in [0.15, 0.2) is 0 Å². The van der Waals surface area contributed by atoms with Gasteiger partial charge in [0.1, 0.15) is 5.82 Å². The third-order valence-corrected chi connectivity index (χ3v) is 4.13. The highest BCUT2D eigenvalue weighted by Crippen LogP contribution is 2.27. The smallest absolute Gasteiger partial charge is 0.257 e. The van der Waals surface area contributed by atoms with Gasteiger partial charge in [-0.1, -0.05) is 0 Å². The minimum atomic E-state index is 0.0467. The van der Waals surface area contributed by atoms with Crippen molar-refractivity contribution in [1.82, 2.24) is 20.1 Å². The van der Waals surface area contributed by atoms with Crippen molar-refractivity contribution in [3.05, 3.63) is 41.9 Å². The van der Waals surface area contributed by atoms with Crippen LogP contribution in [0.15, 0.2) is 30.6 Å². The molecule has 23 heavy (non-hydrogen) atoms. The zero-order valence-electron chi connectivity index (χ0n) is 13.6. The van der Waals surface area contributed by atoms with Crippen molar-refractivity contribution in [3.8, 4) is 0 Å². The van der Waals surface area contributed by atoms with Crippen molar-refractivity contribution in [2.45, 2.75) is 38.6 Å². The predicted molar refractivity (Wildman–Crippen MR) is 89.5 cm³/mol. The second kappa shape index (κ2) is 6.81. The Labute approximate surface area is 136 Å². The topological polar surface area (TPSA) is 73.9 Å². The molecule has 0 spiro atoms. The lowest BCUT2D eigenvalue weighted by atomic mass is 9.94. The quantitative estimate of drug-likeness (QED) is 0.910. The molecule has 3 rings (SSSR count). The molecule has 6 nitrogen and oxygen atoms in total. The Kier molecular flexibility index (Phi) is 4.60. The lowest BCUT2D eigenvalue weighted by Gasteiger charge is -2.32. The Morgan fingerprint density at radius 3 is 3.00 bits per heavy atom. The number of aromatic nitrogens is 3. The Morgan fingerprint density at radius 2 is 2.26 bits per heavy atom. The monoisotopic (exact) mass is 313 g/mol. The minimum Gasteiger partial charge on any atom is -0.367 e. The Balaban J connectivity index is 1.77. The van der Waals surface area contributed by atoms with Crippen LogP contribution in [0, 0.1) is 0 Å². The summed E-state index contributed by atoms with van der Waals surface area (Å²) in [7, 11) is 0. The summed E-state index contributed by atoms with van der Waals surface area (Å²) in [5, 5.41) is 10.3. The number of rotatable bonds is 4. The summed E-state index contributed by atoms with van der Waals surface area (Å²) < 4.78 is 0. The number of carbonyl (C=O) groups is 1. The third-order valence-electron chi connectivity index (χ3n) is 4.13. The first-order valence-corrected chi connectivity index (χ1v) is 8.15. The molecular weight excluding hydrogens is 290 g/mol. The fraction of sp³-hybridized carbons (Fsp3) is 0.471. The van der Waals surface area contributed by atoms with Gasteiger partial charge in [0, 0.05) is 43.1 Å². The number of nitrogens with zero attached hydrogens (tertiary/aromatic N) is 3. The zero-order valence-corrected chi connectivity index (χ0v) is 13.6. The molecule has 122 valence electrons. The summed E-state index contributed by atoms with van der Waals surface area (Å²) in [5.41, 5.74) is 1.75. The van der Waals surface area contributed by atoms with Gasteiger partial charge in [-0.2, -0.15) is 5.10 Å². The first-order valence-electron chi connectivity index (χ1n) is 8.15. The molecule has 0 saturated carbocycles. The maximum atomic E-state index is 12.9. The van der Waals surface area contributed by atoms with E-state index in [0.29, 0.717) is 17.3 Å². The number of hydrogen-bond donors (Lipinski definition) is 2. The normalized spacial score (nSPS) is 18.2. The van der Waals surface area contributed by atoms with Crippen molar-refractivity contribution >= 4 is 11.7 Å². The first kappa shape index (κ1) is 15.5. The van der Waals surface area contributed by atoms with Gasteiger partial charge in [0.2, 0.25) is 0 Å². The second-order valence-corrected chi connectivity index (χ2v) is 6.30. The highest BCUT2D eigenvalue weighted by atomic mass is 16.2. The molecule has 3 heterocycles. The molecule has 2 N–H and O–H groups in total. The fourth-order valence-electron chi connectivity index (χ4n) is 3.05. The van der Waals surface area contributed by atoms with Gasteiger partial charge in [-0.15, -0.1) is 0 Å². The van der Waals surface area contributed by atoms with Crippen LogP contribution in [-0.4, -0.2) is 45.1 Å². The van der Waals surface area contributed by atoms with Crippen LogP contribution in [0.1, 0.15) is 48.7 Å². The molecule has 0 bridgehead atoms. The second-order valence-electron chi connectivity index (χ2n) is 6.30. The van der Waals surface area contributed by atoms with Crippen LogP contribution in [-0.2, 0) is 0 Å². The van der Waals surface area contributed by atoms with Crippen molar-refractivity contribution in [1.29, 1.82) is 0 Å². The molecule has 0 aliphatic carbocycles. The van der Waals surface area contributed by atoms with E-state index in [4.69, 9.17) is 0 Å². The lowest BCUT2D eigenvalue weighted by molar-refractivity contribution is 0.0706. The molecule has 1 fully saturated rings. The molecule has 1 saturated heterocycles. The van der Waals surface area contributed by atoms with Crippen LogP contribution in [0.3, 0.4) is 0 Å². The molecule has 0 aromatic carbocycles. The van der Waals surface area contributed by atoms with Gasteiger partial charge in [0.05, 0.1) is 5.56 Å². The maximum absolute atomic E-state index is 12.9. The Morgan fingerprint density at radius 1 is 1.39 bits per heavy atom. The largest absolute Gasteiger partial charge is 0.367 e. The third kappa shape index (κ3) is 3.52.